The molecular weight excluding hydrogens is 468 g/mol. The first-order chi connectivity index (χ1) is 18.0. The van der Waals surface area contributed by atoms with E-state index in [2.05, 4.69) is 9.88 Å². The van der Waals surface area contributed by atoms with E-state index in [-0.39, 0.29) is 30.4 Å². The second kappa shape index (κ2) is 11.3. The summed E-state index contributed by atoms with van der Waals surface area (Å²) in [4.78, 5) is 47.6. The lowest BCUT2D eigenvalue weighted by Crippen LogP contribution is -2.50. The number of rotatable bonds is 6. The third-order valence-corrected chi connectivity index (χ3v) is 8.64. The number of carbonyl (C=O) groups excluding carboxylic acids is 2. The van der Waals surface area contributed by atoms with Gasteiger partial charge in [0.2, 0.25) is 0 Å². The molecule has 3 heterocycles. The molecule has 3 fully saturated rings. The maximum Gasteiger partial charge on any atom is 0.325 e. The van der Waals surface area contributed by atoms with Gasteiger partial charge in [0.05, 0.1) is 17.6 Å². The van der Waals surface area contributed by atoms with Crippen LogP contribution >= 0.6 is 0 Å². The fourth-order valence-electron chi connectivity index (χ4n) is 7.03. The van der Waals surface area contributed by atoms with E-state index in [1.54, 1.807) is 6.92 Å². The molecule has 0 spiro atoms. The predicted molar refractivity (Wildman–Crippen MR) is 143 cm³/mol. The van der Waals surface area contributed by atoms with Crippen molar-refractivity contribution in [1.82, 2.24) is 19.4 Å². The second-order valence-corrected chi connectivity index (χ2v) is 11.0. The molecule has 5 rings (SSSR count). The number of hydrogen-bond donors (Lipinski definition) is 0. The number of amides is 1. The zero-order chi connectivity index (χ0) is 25.9. The number of esters is 1. The molecule has 200 valence electrons. The first kappa shape index (κ1) is 25.9. The first-order valence-electron chi connectivity index (χ1n) is 14.2. The van der Waals surface area contributed by atoms with Crippen LogP contribution in [0, 0.1) is 0 Å². The van der Waals surface area contributed by atoms with Crippen molar-refractivity contribution < 1.29 is 14.3 Å². The Morgan fingerprint density at radius 2 is 1.59 bits per heavy atom. The van der Waals surface area contributed by atoms with Crippen molar-refractivity contribution in [3.05, 3.63) is 40.3 Å². The van der Waals surface area contributed by atoms with Gasteiger partial charge in [-0.3, -0.25) is 19.3 Å². The molecule has 2 bridgehead atoms. The smallest absolute Gasteiger partial charge is 0.325 e. The minimum atomic E-state index is -0.549. The molecule has 1 aliphatic carbocycles. The van der Waals surface area contributed by atoms with Gasteiger partial charge in [0.15, 0.2) is 5.69 Å². The van der Waals surface area contributed by atoms with E-state index in [4.69, 9.17) is 4.74 Å². The molecular formula is C29H40N4O4. The van der Waals surface area contributed by atoms with Gasteiger partial charge >= 0.3 is 5.97 Å². The molecule has 2 aliphatic heterocycles. The van der Waals surface area contributed by atoms with Crippen LogP contribution in [0.3, 0.4) is 0 Å². The number of ether oxygens (including phenoxy) is 1. The topological polar surface area (TPSA) is 84.7 Å². The first-order valence-corrected chi connectivity index (χ1v) is 14.2. The molecule has 2 saturated heterocycles. The Labute approximate surface area is 219 Å². The van der Waals surface area contributed by atoms with Gasteiger partial charge in [0, 0.05) is 31.2 Å². The molecule has 3 aliphatic rings. The van der Waals surface area contributed by atoms with Gasteiger partial charge in [-0.15, -0.1) is 0 Å². The van der Waals surface area contributed by atoms with Crippen LogP contribution in [0.1, 0.15) is 94.1 Å². The highest BCUT2D eigenvalue weighted by atomic mass is 16.5. The second-order valence-electron chi connectivity index (χ2n) is 11.0. The number of fused-ring (bicyclic) bond motifs is 3. The summed E-state index contributed by atoms with van der Waals surface area (Å²) in [6, 6.07) is 9.25. The fraction of sp³-hybridized carbons (Fsp3) is 0.655. The number of piperidine rings is 1. The lowest BCUT2D eigenvalue weighted by Gasteiger charge is -2.45. The van der Waals surface area contributed by atoms with Crippen LogP contribution in [0.15, 0.2) is 29.1 Å². The van der Waals surface area contributed by atoms with Crippen LogP contribution in [0.2, 0.25) is 0 Å². The normalized spacial score (nSPS) is 25.0. The largest absolute Gasteiger partial charge is 0.465 e. The molecule has 3 atom stereocenters. The van der Waals surface area contributed by atoms with E-state index in [9.17, 15) is 14.4 Å². The van der Waals surface area contributed by atoms with E-state index >= 15 is 0 Å². The highest BCUT2D eigenvalue weighted by Crippen LogP contribution is 2.44. The summed E-state index contributed by atoms with van der Waals surface area (Å²) in [7, 11) is 1.51. The zero-order valence-electron chi connectivity index (χ0n) is 22.2. The number of benzene rings is 1. The Balaban J connectivity index is 1.44. The van der Waals surface area contributed by atoms with Crippen LogP contribution in [0.5, 0.6) is 0 Å². The number of carbonyl (C=O) groups is 2. The molecule has 2 aromatic rings. The molecule has 1 saturated carbocycles. The number of hydrogen-bond acceptors (Lipinski definition) is 6. The summed E-state index contributed by atoms with van der Waals surface area (Å²) in [5.41, 5.74) is 0.925. The molecule has 0 N–H and O–H groups in total. The van der Waals surface area contributed by atoms with E-state index in [0.717, 1.165) is 18.4 Å². The van der Waals surface area contributed by atoms with Gasteiger partial charge in [0.25, 0.3) is 11.5 Å². The molecule has 37 heavy (non-hydrogen) atoms. The third-order valence-electron chi connectivity index (χ3n) is 8.64. The summed E-state index contributed by atoms with van der Waals surface area (Å²) in [6.45, 7) is 1.74. The van der Waals surface area contributed by atoms with Crippen molar-refractivity contribution in [2.24, 2.45) is 0 Å². The van der Waals surface area contributed by atoms with Crippen LogP contribution in [0.25, 0.3) is 11.0 Å². The third kappa shape index (κ3) is 5.31. The standard InChI is InChI=1S/C29H40N4O4/c1-3-37-26(34)19-31(2)28(35)27-29(36)33(25-14-10-9-13-24(25)30-27)23-17-21-15-16-22(18-23)32(21)20-11-7-5-4-6-8-12-20/h9-10,13-14,20-23H,3-8,11-12,15-19H2,1-2H3/t21-,22?,23?/m0/s1. The van der Waals surface area contributed by atoms with Gasteiger partial charge < -0.3 is 14.2 Å². The maximum atomic E-state index is 13.9. The van der Waals surface area contributed by atoms with Crippen molar-refractivity contribution >= 4 is 22.9 Å². The lowest BCUT2D eigenvalue weighted by molar-refractivity contribution is -0.143. The van der Waals surface area contributed by atoms with Gasteiger partial charge in [-0.25, -0.2) is 4.98 Å². The van der Waals surface area contributed by atoms with Crippen LogP contribution in [0.4, 0.5) is 0 Å². The summed E-state index contributed by atoms with van der Waals surface area (Å²) in [5, 5.41) is 0. The Morgan fingerprint density at radius 3 is 2.27 bits per heavy atom. The van der Waals surface area contributed by atoms with Crippen LogP contribution in [-0.4, -0.2) is 69.6 Å². The Kier molecular flexibility index (Phi) is 7.93. The fourth-order valence-corrected chi connectivity index (χ4v) is 7.03. The summed E-state index contributed by atoms with van der Waals surface area (Å²) in [5.74, 6) is -1.05. The van der Waals surface area contributed by atoms with Gasteiger partial charge in [0.1, 0.15) is 6.54 Å². The van der Waals surface area contributed by atoms with E-state index in [1.807, 2.05) is 28.8 Å². The molecule has 8 heteroatoms. The highest BCUT2D eigenvalue weighted by Gasteiger charge is 2.44. The Hall–Kier alpha value is -2.74. The maximum absolute atomic E-state index is 13.9. The molecule has 2 unspecified atom stereocenters. The Bertz CT molecular complexity index is 1170. The van der Waals surface area contributed by atoms with Crippen LogP contribution in [-0.2, 0) is 9.53 Å². The van der Waals surface area contributed by atoms with Crippen molar-refractivity contribution in [3.63, 3.8) is 0 Å². The molecule has 0 radical (unpaired) electrons. The zero-order valence-corrected chi connectivity index (χ0v) is 22.2. The number of para-hydroxylation sites is 2. The molecule has 1 amide bonds. The van der Waals surface area contributed by atoms with E-state index in [0.29, 0.717) is 23.6 Å². The minimum Gasteiger partial charge on any atom is -0.465 e. The summed E-state index contributed by atoms with van der Waals surface area (Å²) < 4.78 is 6.82. The monoisotopic (exact) mass is 508 g/mol. The van der Waals surface area contributed by atoms with Crippen molar-refractivity contribution in [3.8, 4) is 0 Å². The molecule has 1 aromatic carbocycles. The molecule has 8 nitrogen and oxygen atoms in total. The van der Waals surface area contributed by atoms with Gasteiger partial charge in [-0.2, -0.15) is 0 Å². The summed E-state index contributed by atoms with van der Waals surface area (Å²) in [6.07, 6.45) is 13.5. The SMILES string of the molecule is CCOC(=O)CN(C)C(=O)c1nc2ccccc2n(C2CC3CC[C@@H](C2)N3C2CCCCCCC2)c1=O. The minimum absolute atomic E-state index is 0.0321. The van der Waals surface area contributed by atoms with Crippen molar-refractivity contribution in [2.75, 3.05) is 20.2 Å². The highest BCUT2D eigenvalue weighted by molar-refractivity contribution is 5.95. The molecule has 1 aromatic heterocycles. The van der Waals surface area contributed by atoms with Crippen molar-refractivity contribution in [2.45, 2.75) is 102 Å². The average molecular weight is 509 g/mol. The van der Waals surface area contributed by atoms with Crippen LogP contribution < -0.4 is 5.56 Å². The van der Waals surface area contributed by atoms with E-state index in [1.165, 1.54) is 69.7 Å². The van der Waals surface area contributed by atoms with E-state index < -0.39 is 11.9 Å². The average Bonchev–Trinajstić information content (AvgIpc) is 3.12. The predicted octanol–water partition coefficient (Wildman–Crippen LogP) is 4.31. The Morgan fingerprint density at radius 1 is 0.946 bits per heavy atom. The summed E-state index contributed by atoms with van der Waals surface area (Å²) >= 11 is 0. The number of likely N-dealkylation sites (N-methyl/N-ethyl adjacent to an activating group) is 1. The number of aromatic nitrogens is 2. The van der Waals surface area contributed by atoms with Gasteiger partial charge in [-0.1, -0.05) is 44.2 Å². The van der Waals surface area contributed by atoms with Gasteiger partial charge in [-0.05, 0) is 57.6 Å². The van der Waals surface area contributed by atoms with Crippen molar-refractivity contribution in [1.29, 1.82) is 0 Å². The number of nitrogens with zero attached hydrogens (tertiary/aromatic N) is 4. The lowest BCUT2D eigenvalue weighted by atomic mass is 9.89. The quantitative estimate of drug-likeness (QED) is 0.541.